The van der Waals surface area contributed by atoms with Crippen LogP contribution in [0.1, 0.15) is 35.5 Å². The molecule has 0 fully saturated rings. The molecule has 0 aliphatic heterocycles. The van der Waals surface area contributed by atoms with E-state index in [1.807, 2.05) is 34.0 Å². The van der Waals surface area contributed by atoms with Crippen molar-refractivity contribution in [3.05, 3.63) is 34.7 Å². The van der Waals surface area contributed by atoms with E-state index in [-0.39, 0.29) is 6.47 Å². The Balaban J connectivity index is 0.000000891. The van der Waals surface area contributed by atoms with Crippen LogP contribution in [0.5, 0.6) is 5.75 Å². The minimum Gasteiger partial charge on any atom is -0.496 e. The Morgan fingerprint density at radius 2 is 2.04 bits per heavy atom. The van der Waals surface area contributed by atoms with Gasteiger partial charge in [-0.3, -0.25) is 14.7 Å². The van der Waals surface area contributed by atoms with Gasteiger partial charge in [0, 0.05) is 30.3 Å². The maximum Gasteiger partial charge on any atom is 0.290 e. The fourth-order valence-corrected chi connectivity index (χ4v) is 2.28. The van der Waals surface area contributed by atoms with Gasteiger partial charge >= 0.3 is 0 Å². The molecule has 0 spiro atoms. The van der Waals surface area contributed by atoms with E-state index in [0.29, 0.717) is 24.8 Å². The minimum absolute atomic E-state index is 0.250. The Bertz CT molecular complexity index is 658. The highest BCUT2D eigenvalue weighted by atomic mass is 16.5. The molecule has 0 bridgehead atoms. The minimum atomic E-state index is -0.250. The Morgan fingerprint density at radius 1 is 1.38 bits per heavy atom. The van der Waals surface area contributed by atoms with Crippen molar-refractivity contribution in [1.82, 2.24) is 20.0 Å². The SMILES string of the molecule is CCc1nc(CN(C)Cc2ncc(C)c(OC)c2C)no1.O=CO. The molecule has 2 aromatic rings. The third-order valence-electron chi connectivity index (χ3n) is 3.39. The van der Waals surface area contributed by atoms with Crippen LogP contribution in [0.15, 0.2) is 10.7 Å². The average molecular weight is 336 g/mol. The highest BCUT2D eigenvalue weighted by Gasteiger charge is 2.13. The number of aromatic nitrogens is 3. The second-order valence-electron chi connectivity index (χ2n) is 5.28. The molecule has 132 valence electrons. The molecule has 0 amide bonds. The van der Waals surface area contributed by atoms with E-state index >= 15 is 0 Å². The van der Waals surface area contributed by atoms with Crippen molar-refractivity contribution in [2.45, 2.75) is 40.3 Å². The van der Waals surface area contributed by atoms with Crippen LogP contribution in [-0.4, -0.2) is 45.8 Å². The first-order chi connectivity index (χ1) is 11.5. The molecule has 0 aliphatic carbocycles. The molecular weight excluding hydrogens is 312 g/mol. The van der Waals surface area contributed by atoms with Crippen LogP contribution in [0.25, 0.3) is 0 Å². The molecule has 8 nitrogen and oxygen atoms in total. The van der Waals surface area contributed by atoms with Gasteiger partial charge < -0.3 is 14.4 Å². The van der Waals surface area contributed by atoms with Gasteiger partial charge in [-0.2, -0.15) is 4.98 Å². The van der Waals surface area contributed by atoms with Gasteiger partial charge in [-0.1, -0.05) is 12.1 Å². The summed E-state index contributed by atoms with van der Waals surface area (Å²) in [5.74, 6) is 2.28. The van der Waals surface area contributed by atoms with E-state index in [2.05, 4.69) is 20.0 Å². The molecule has 24 heavy (non-hydrogen) atoms. The Hall–Kier alpha value is -2.48. The summed E-state index contributed by atoms with van der Waals surface area (Å²) in [7, 11) is 3.70. The summed E-state index contributed by atoms with van der Waals surface area (Å²) in [6.07, 6.45) is 2.60. The number of methoxy groups -OCH3 is 1. The second kappa shape index (κ2) is 9.61. The molecule has 8 heteroatoms. The molecule has 2 heterocycles. The maximum absolute atomic E-state index is 8.36. The van der Waals surface area contributed by atoms with E-state index in [1.54, 1.807) is 7.11 Å². The van der Waals surface area contributed by atoms with Crippen molar-refractivity contribution in [2.24, 2.45) is 0 Å². The summed E-state index contributed by atoms with van der Waals surface area (Å²) in [5, 5.41) is 10.9. The summed E-state index contributed by atoms with van der Waals surface area (Å²) in [4.78, 5) is 19.3. The van der Waals surface area contributed by atoms with Gasteiger partial charge in [0.15, 0.2) is 5.82 Å². The lowest BCUT2D eigenvalue weighted by Crippen LogP contribution is -2.19. The van der Waals surface area contributed by atoms with Crippen LogP contribution in [0.4, 0.5) is 0 Å². The molecule has 0 radical (unpaired) electrons. The third-order valence-corrected chi connectivity index (χ3v) is 3.39. The fraction of sp³-hybridized carbons (Fsp3) is 0.500. The monoisotopic (exact) mass is 336 g/mol. The van der Waals surface area contributed by atoms with Gasteiger partial charge in [0.1, 0.15) is 5.75 Å². The van der Waals surface area contributed by atoms with E-state index in [0.717, 1.165) is 29.0 Å². The Labute approximate surface area is 141 Å². The number of nitrogens with zero attached hydrogens (tertiary/aromatic N) is 4. The smallest absolute Gasteiger partial charge is 0.290 e. The van der Waals surface area contributed by atoms with Crippen molar-refractivity contribution < 1.29 is 19.2 Å². The summed E-state index contributed by atoms with van der Waals surface area (Å²) >= 11 is 0. The number of pyridine rings is 1. The predicted molar refractivity (Wildman–Crippen MR) is 87.8 cm³/mol. The van der Waals surface area contributed by atoms with Gasteiger partial charge in [0.05, 0.1) is 19.3 Å². The number of carbonyl (C=O) groups is 1. The van der Waals surface area contributed by atoms with E-state index in [1.165, 1.54) is 0 Å². The van der Waals surface area contributed by atoms with Crippen LogP contribution in [0.2, 0.25) is 0 Å². The van der Waals surface area contributed by atoms with Gasteiger partial charge in [-0.25, -0.2) is 0 Å². The largest absolute Gasteiger partial charge is 0.496 e. The van der Waals surface area contributed by atoms with E-state index < -0.39 is 0 Å². The van der Waals surface area contributed by atoms with Crippen LogP contribution >= 0.6 is 0 Å². The van der Waals surface area contributed by atoms with Crippen molar-refractivity contribution in [1.29, 1.82) is 0 Å². The zero-order chi connectivity index (χ0) is 18.1. The first-order valence-electron chi connectivity index (χ1n) is 7.53. The normalized spacial score (nSPS) is 10.2. The maximum atomic E-state index is 8.36. The quantitative estimate of drug-likeness (QED) is 0.799. The second-order valence-corrected chi connectivity index (χ2v) is 5.28. The standard InChI is InChI=1S/C15H22N4O2.CH2O2/c1-6-14-17-13(18-21-14)9-19(4)8-12-11(3)15(20-5)10(2)7-16-12;2-1-3/h7H,6,8-9H2,1-5H3;1H,(H,2,3). The van der Waals surface area contributed by atoms with Gasteiger partial charge in [0.2, 0.25) is 5.89 Å². The van der Waals surface area contributed by atoms with E-state index in [9.17, 15) is 0 Å². The molecule has 2 aromatic heterocycles. The fourth-order valence-electron chi connectivity index (χ4n) is 2.28. The summed E-state index contributed by atoms with van der Waals surface area (Å²) < 4.78 is 10.6. The summed E-state index contributed by atoms with van der Waals surface area (Å²) in [5.41, 5.74) is 3.12. The van der Waals surface area contributed by atoms with Crippen molar-refractivity contribution in [2.75, 3.05) is 14.2 Å². The van der Waals surface area contributed by atoms with Crippen LogP contribution < -0.4 is 4.74 Å². The molecule has 1 N–H and O–H groups in total. The summed E-state index contributed by atoms with van der Waals surface area (Å²) in [6, 6.07) is 0. The lowest BCUT2D eigenvalue weighted by molar-refractivity contribution is -0.122. The Kier molecular flexibility index (Phi) is 7.84. The van der Waals surface area contributed by atoms with Gasteiger partial charge in [-0.05, 0) is 20.9 Å². The highest BCUT2D eigenvalue weighted by Crippen LogP contribution is 2.24. The number of aryl methyl sites for hydroxylation is 2. The molecule has 0 aliphatic rings. The first kappa shape index (κ1) is 19.6. The molecule has 0 unspecified atom stereocenters. The third kappa shape index (κ3) is 5.31. The van der Waals surface area contributed by atoms with Crippen LogP contribution in [0.3, 0.4) is 0 Å². The zero-order valence-corrected chi connectivity index (χ0v) is 14.7. The Morgan fingerprint density at radius 3 is 2.58 bits per heavy atom. The molecule has 0 saturated carbocycles. The first-order valence-corrected chi connectivity index (χ1v) is 7.53. The lowest BCUT2D eigenvalue weighted by Gasteiger charge is -2.17. The molecule has 0 saturated heterocycles. The number of hydrogen-bond acceptors (Lipinski definition) is 7. The average Bonchev–Trinajstić information content (AvgIpc) is 2.99. The number of hydrogen-bond donors (Lipinski definition) is 1. The molecule has 0 aromatic carbocycles. The summed E-state index contributed by atoms with van der Waals surface area (Å²) in [6.45, 7) is 7.11. The van der Waals surface area contributed by atoms with Crippen molar-refractivity contribution in [3.63, 3.8) is 0 Å². The lowest BCUT2D eigenvalue weighted by atomic mass is 10.1. The predicted octanol–water partition coefficient (Wildman–Crippen LogP) is 1.99. The van der Waals surface area contributed by atoms with Gasteiger partial charge in [-0.15, -0.1) is 0 Å². The number of ether oxygens (including phenoxy) is 1. The van der Waals surface area contributed by atoms with Crippen LogP contribution in [-0.2, 0) is 24.3 Å². The number of carboxylic acid groups (broad SMARTS) is 1. The topological polar surface area (TPSA) is 102 Å². The van der Waals surface area contributed by atoms with Crippen LogP contribution in [0, 0.1) is 13.8 Å². The van der Waals surface area contributed by atoms with E-state index in [4.69, 9.17) is 19.2 Å². The molecule has 0 atom stereocenters. The molecule has 2 rings (SSSR count). The highest BCUT2D eigenvalue weighted by molar-refractivity contribution is 5.41. The number of rotatable bonds is 6. The van der Waals surface area contributed by atoms with Crippen molar-refractivity contribution in [3.8, 4) is 5.75 Å². The van der Waals surface area contributed by atoms with Crippen molar-refractivity contribution >= 4 is 6.47 Å². The van der Waals surface area contributed by atoms with Gasteiger partial charge in [0.25, 0.3) is 6.47 Å². The zero-order valence-electron chi connectivity index (χ0n) is 14.7. The molecular formula is C16H24N4O4.